The number of nitrogens with zero attached hydrogens (tertiary/aromatic N) is 1. The third kappa shape index (κ3) is 3.00. The molecule has 15 heavy (non-hydrogen) atoms. The van der Waals surface area contributed by atoms with Crippen LogP contribution in [0.5, 0.6) is 5.75 Å². The first kappa shape index (κ1) is 11.6. The lowest BCUT2D eigenvalue weighted by molar-refractivity contribution is 0.416. The number of halogens is 1. The third-order valence-corrected chi connectivity index (χ3v) is 2.10. The highest BCUT2D eigenvalue weighted by Gasteiger charge is 2.07. The van der Waals surface area contributed by atoms with Gasteiger partial charge in [-0.3, -0.25) is 0 Å². The summed E-state index contributed by atoms with van der Waals surface area (Å²) in [7, 11) is 1.57. The van der Waals surface area contributed by atoms with Crippen molar-refractivity contribution in [1.82, 2.24) is 0 Å². The van der Waals surface area contributed by atoms with E-state index in [1.54, 1.807) is 25.3 Å². The van der Waals surface area contributed by atoms with Crippen LogP contribution in [0.4, 0.5) is 5.69 Å². The van der Waals surface area contributed by atoms with Crippen molar-refractivity contribution in [2.24, 2.45) is 0 Å². The normalized spacial score (nSPS) is 9.13. The maximum absolute atomic E-state index is 8.92. The van der Waals surface area contributed by atoms with Crippen LogP contribution in [-0.4, -0.2) is 13.7 Å². The molecule has 1 aromatic carbocycles. The standard InChI is InChI=1S/C11H11BrN2O/c1-8(12)7-14-11-9(6-13)4-3-5-10(11)15-2/h3-5,14H,1,7H2,2H3. The number of benzene rings is 1. The summed E-state index contributed by atoms with van der Waals surface area (Å²) in [6, 6.07) is 7.43. The number of anilines is 1. The molecule has 0 aliphatic rings. The maximum Gasteiger partial charge on any atom is 0.143 e. The van der Waals surface area contributed by atoms with Gasteiger partial charge in [0.25, 0.3) is 0 Å². The lowest BCUT2D eigenvalue weighted by Gasteiger charge is -2.11. The number of nitriles is 1. The zero-order chi connectivity index (χ0) is 11.3. The maximum atomic E-state index is 8.92. The van der Waals surface area contributed by atoms with Crippen LogP contribution in [0.15, 0.2) is 29.3 Å². The topological polar surface area (TPSA) is 45.0 Å². The summed E-state index contributed by atoms with van der Waals surface area (Å²) in [6.07, 6.45) is 0. The number of ether oxygens (including phenoxy) is 1. The third-order valence-electron chi connectivity index (χ3n) is 1.82. The molecule has 0 fully saturated rings. The van der Waals surface area contributed by atoms with Crippen molar-refractivity contribution in [3.63, 3.8) is 0 Å². The molecule has 0 saturated carbocycles. The molecule has 4 heteroatoms. The van der Waals surface area contributed by atoms with Gasteiger partial charge in [-0.15, -0.1) is 0 Å². The molecular weight excluding hydrogens is 256 g/mol. The van der Waals surface area contributed by atoms with Crippen LogP contribution in [0.1, 0.15) is 5.56 Å². The highest BCUT2D eigenvalue weighted by atomic mass is 79.9. The Balaban J connectivity index is 3.01. The van der Waals surface area contributed by atoms with Crippen LogP contribution in [0.2, 0.25) is 0 Å². The van der Waals surface area contributed by atoms with Crippen molar-refractivity contribution < 1.29 is 4.74 Å². The molecule has 0 amide bonds. The van der Waals surface area contributed by atoms with E-state index in [-0.39, 0.29) is 0 Å². The van der Waals surface area contributed by atoms with Gasteiger partial charge in [0.15, 0.2) is 0 Å². The molecular formula is C11H11BrN2O. The van der Waals surface area contributed by atoms with Crippen molar-refractivity contribution in [2.45, 2.75) is 0 Å². The Morgan fingerprint density at radius 1 is 1.67 bits per heavy atom. The van der Waals surface area contributed by atoms with Gasteiger partial charge in [-0.2, -0.15) is 5.26 Å². The second kappa shape index (κ2) is 5.42. The summed E-state index contributed by atoms with van der Waals surface area (Å²) >= 11 is 3.24. The number of para-hydroxylation sites is 1. The molecule has 0 aromatic heterocycles. The highest BCUT2D eigenvalue weighted by Crippen LogP contribution is 2.27. The molecule has 0 bridgehead atoms. The number of hydrogen-bond acceptors (Lipinski definition) is 3. The van der Waals surface area contributed by atoms with Gasteiger partial charge in [0.1, 0.15) is 11.8 Å². The number of rotatable bonds is 4. The molecule has 0 heterocycles. The molecule has 0 radical (unpaired) electrons. The fraction of sp³-hybridized carbons (Fsp3) is 0.182. The zero-order valence-electron chi connectivity index (χ0n) is 8.38. The molecule has 0 aliphatic carbocycles. The average molecular weight is 267 g/mol. The minimum absolute atomic E-state index is 0.551. The lowest BCUT2D eigenvalue weighted by Crippen LogP contribution is -2.04. The first-order valence-corrected chi connectivity index (χ1v) is 5.12. The van der Waals surface area contributed by atoms with Gasteiger partial charge < -0.3 is 10.1 Å². The summed E-state index contributed by atoms with van der Waals surface area (Å²) < 4.78 is 5.98. The minimum atomic E-state index is 0.551. The molecule has 0 spiro atoms. The highest BCUT2D eigenvalue weighted by molar-refractivity contribution is 9.11. The molecule has 1 N–H and O–H groups in total. The predicted molar refractivity (Wildman–Crippen MR) is 64.3 cm³/mol. The van der Waals surface area contributed by atoms with Crippen molar-refractivity contribution in [3.8, 4) is 11.8 Å². The molecule has 0 aliphatic heterocycles. The first-order chi connectivity index (χ1) is 7.19. The minimum Gasteiger partial charge on any atom is -0.495 e. The van der Waals surface area contributed by atoms with E-state index in [1.165, 1.54) is 0 Å². The van der Waals surface area contributed by atoms with Crippen LogP contribution in [0.25, 0.3) is 0 Å². The van der Waals surface area contributed by atoms with Gasteiger partial charge in [0.05, 0.1) is 18.4 Å². The summed E-state index contributed by atoms with van der Waals surface area (Å²) in [6.45, 7) is 4.26. The molecule has 3 nitrogen and oxygen atoms in total. The largest absolute Gasteiger partial charge is 0.495 e. The Morgan fingerprint density at radius 3 is 2.93 bits per heavy atom. The summed E-state index contributed by atoms with van der Waals surface area (Å²) in [5, 5.41) is 12.0. The van der Waals surface area contributed by atoms with Crippen LogP contribution in [-0.2, 0) is 0 Å². The second-order valence-electron chi connectivity index (χ2n) is 2.87. The van der Waals surface area contributed by atoms with Gasteiger partial charge in [-0.05, 0) is 12.1 Å². The zero-order valence-corrected chi connectivity index (χ0v) is 9.97. The van der Waals surface area contributed by atoms with E-state index in [1.807, 2.05) is 0 Å². The Labute approximate surface area is 97.5 Å². The van der Waals surface area contributed by atoms with Gasteiger partial charge in [0, 0.05) is 11.0 Å². The van der Waals surface area contributed by atoms with Gasteiger partial charge in [-0.25, -0.2) is 0 Å². The molecule has 0 unspecified atom stereocenters. The van der Waals surface area contributed by atoms with E-state index in [4.69, 9.17) is 10.00 Å². The van der Waals surface area contributed by atoms with Gasteiger partial charge >= 0.3 is 0 Å². The van der Waals surface area contributed by atoms with E-state index in [9.17, 15) is 0 Å². The smallest absolute Gasteiger partial charge is 0.143 e. The average Bonchev–Trinajstić information content (AvgIpc) is 2.25. The quantitative estimate of drug-likeness (QED) is 0.912. The Kier molecular flexibility index (Phi) is 4.19. The van der Waals surface area contributed by atoms with Crippen molar-refractivity contribution in [3.05, 3.63) is 34.8 Å². The van der Waals surface area contributed by atoms with Crippen LogP contribution in [0, 0.1) is 11.3 Å². The van der Waals surface area contributed by atoms with Crippen molar-refractivity contribution >= 4 is 21.6 Å². The summed E-state index contributed by atoms with van der Waals surface area (Å²) in [4.78, 5) is 0. The predicted octanol–water partition coefficient (Wildman–Crippen LogP) is 2.89. The summed E-state index contributed by atoms with van der Waals surface area (Å²) in [5.41, 5.74) is 1.26. The van der Waals surface area contributed by atoms with Crippen LogP contribution < -0.4 is 10.1 Å². The van der Waals surface area contributed by atoms with Crippen LogP contribution in [0.3, 0.4) is 0 Å². The van der Waals surface area contributed by atoms with E-state index in [2.05, 4.69) is 33.9 Å². The van der Waals surface area contributed by atoms with E-state index in [0.29, 0.717) is 23.5 Å². The number of nitrogens with one attached hydrogen (secondary N) is 1. The van der Waals surface area contributed by atoms with Crippen molar-refractivity contribution in [1.29, 1.82) is 5.26 Å². The molecule has 78 valence electrons. The molecule has 0 saturated heterocycles. The van der Waals surface area contributed by atoms with E-state index in [0.717, 1.165) is 4.48 Å². The molecule has 0 atom stereocenters. The van der Waals surface area contributed by atoms with E-state index >= 15 is 0 Å². The van der Waals surface area contributed by atoms with Crippen LogP contribution >= 0.6 is 15.9 Å². The number of hydrogen-bond donors (Lipinski definition) is 1. The Bertz CT molecular complexity index is 410. The van der Waals surface area contributed by atoms with Gasteiger partial charge in [0.2, 0.25) is 0 Å². The monoisotopic (exact) mass is 266 g/mol. The SMILES string of the molecule is C=C(Br)CNc1c(C#N)cccc1OC. The number of methoxy groups -OCH3 is 1. The van der Waals surface area contributed by atoms with Crippen molar-refractivity contribution in [2.75, 3.05) is 19.0 Å². The second-order valence-corrected chi connectivity index (χ2v) is 3.99. The molecule has 1 aromatic rings. The first-order valence-electron chi connectivity index (χ1n) is 4.33. The Hall–Kier alpha value is -1.47. The summed E-state index contributed by atoms with van der Waals surface area (Å²) in [5.74, 6) is 0.655. The van der Waals surface area contributed by atoms with Gasteiger partial charge in [-0.1, -0.05) is 28.6 Å². The van der Waals surface area contributed by atoms with E-state index < -0.39 is 0 Å². The molecule has 1 rings (SSSR count). The Morgan fingerprint density at radius 2 is 2.40 bits per heavy atom. The fourth-order valence-electron chi connectivity index (χ4n) is 1.16. The fourth-order valence-corrected chi connectivity index (χ4v) is 1.30. The lowest BCUT2D eigenvalue weighted by atomic mass is 10.2.